The molecule has 0 fully saturated rings. The summed E-state index contributed by atoms with van der Waals surface area (Å²) in [5.41, 5.74) is -1.29. The van der Waals surface area contributed by atoms with Crippen LogP contribution in [0.4, 0.5) is 13.2 Å². The van der Waals surface area contributed by atoms with Crippen molar-refractivity contribution >= 4 is 5.97 Å². The summed E-state index contributed by atoms with van der Waals surface area (Å²) < 4.78 is 42.2. The predicted octanol–water partition coefficient (Wildman–Crippen LogP) is 2.36. The third-order valence-electron chi connectivity index (χ3n) is 3.02. The van der Waals surface area contributed by atoms with Crippen molar-refractivity contribution < 1.29 is 22.7 Å². The lowest BCUT2D eigenvalue weighted by atomic mass is 9.82. The summed E-state index contributed by atoms with van der Waals surface area (Å²) in [5.74, 6) is -0.499. The van der Waals surface area contributed by atoms with E-state index in [1.54, 1.807) is 14.0 Å². The van der Waals surface area contributed by atoms with Gasteiger partial charge >= 0.3 is 12.1 Å². The summed E-state index contributed by atoms with van der Waals surface area (Å²) in [6.07, 6.45) is -4.39. The van der Waals surface area contributed by atoms with E-state index in [1.807, 2.05) is 0 Å². The van der Waals surface area contributed by atoms with E-state index in [2.05, 4.69) is 5.32 Å². The lowest BCUT2D eigenvalue weighted by Crippen LogP contribution is -2.42. The maximum atomic E-state index is 12.5. The molecule has 0 radical (unpaired) electrons. The van der Waals surface area contributed by atoms with E-state index >= 15 is 0 Å². The Bertz CT molecular complexity index is 442. The molecule has 0 aliphatic carbocycles. The number of hydrogen-bond acceptors (Lipinski definition) is 3. The minimum Gasteiger partial charge on any atom is -0.468 e. The van der Waals surface area contributed by atoms with Crippen LogP contribution < -0.4 is 5.32 Å². The van der Waals surface area contributed by atoms with Crippen LogP contribution in [0.2, 0.25) is 0 Å². The van der Waals surface area contributed by atoms with E-state index in [-0.39, 0.29) is 6.54 Å². The van der Waals surface area contributed by atoms with Crippen LogP contribution in [0.3, 0.4) is 0 Å². The van der Waals surface area contributed by atoms with Gasteiger partial charge in [0.15, 0.2) is 0 Å². The Hall–Kier alpha value is -1.56. The van der Waals surface area contributed by atoms with E-state index in [1.165, 1.54) is 19.2 Å². The second-order valence-electron chi connectivity index (χ2n) is 4.43. The molecule has 0 spiro atoms. The summed E-state index contributed by atoms with van der Waals surface area (Å²) in [4.78, 5) is 11.8. The summed E-state index contributed by atoms with van der Waals surface area (Å²) in [6, 6.07) is 4.53. The second-order valence-corrected chi connectivity index (χ2v) is 4.43. The first-order valence-corrected chi connectivity index (χ1v) is 5.66. The van der Waals surface area contributed by atoms with Gasteiger partial charge in [-0.1, -0.05) is 12.1 Å². The summed E-state index contributed by atoms with van der Waals surface area (Å²) >= 11 is 0. The second kappa shape index (κ2) is 5.61. The molecule has 0 aliphatic heterocycles. The van der Waals surface area contributed by atoms with Gasteiger partial charge in [0.05, 0.1) is 12.7 Å². The molecule has 1 aromatic rings. The van der Waals surface area contributed by atoms with Crippen molar-refractivity contribution in [2.45, 2.75) is 18.5 Å². The maximum absolute atomic E-state index is 12.5. The minimum atomic E-state index is -4.39. The zero-order chi connectivity index (χ0) is 14.7. The number of nitrogens with one attached hydrogen (secondary N) is 1. The minimum absolute atomic E-state index is 0.269. The number of methoxy groups -OCH3 is 1. The number of ether oxygens (including phenoxy) is 1. The first kappa shape index (κ1) is 15.5. The average Bonchev–Trinajstić information content (AvgIpc) is 2.37. The Morgan fingerprint density at radius 2 is 1.68 bits per heavy atom. The van der Waals surface area contributed by atoms with Crippen LogP contribution in [0.1, 0.15) is 18.1 Å². The van der Waals surface area contributed by atoms with Crippen molar-refractivity contribution in [1.29, 1.82) is 0 Å². The molecule has 0 saturated carbocycles. The van der Waals surface area contributed by atoms with E-state index in [0.717, 1.165) is 12.1 Å². The third-order valence-corrected chi connectivity index (χ3v) is 3.02. The molecular formula is C13H16F3NO2. The topological polar surface area (TPSA) is 38.3 Å². The van der Waals surface area contributed by atoms with Crippen molar-refractivity contribution in [3.05, 3.63) is 35.4 Å². The van der Waals surface area contributed by atoms with Gasteiger partial charge in [0.25, 0.3) is 0 Å². The Kier molecular flexibility index (Phi) is 4.57. The van der Waals surface area contributed by atoms with Crippen LogP contribution in [0.15, 0.2) is 24.3 Å². The standard InChI is InChI=1S/C13H16F3NO2/c1-12(8-17-2,11(18)19-3)9-4-6-10(7-5-9)13(14,15)16/h4-7,17H,8H2,1-3H3. The number of halogens is 3. The highest BCUT2D eigenvalue weighted by atomic mass is 19.4. The van der Waals surface area contributed by atoms with Crippen molar-refractivity contribution in [2.75, 3.05) is 20.7 Å². The number of likely N-dealkylation sites (N-methyl/N-ethyl adjacent to an activating group) is 1. The van der Waals surface area contributed by atoms with Gasteiger partial charge < -0.3 is 10.1 Å². The van der Waals surface area contributed by atoms with Crippen molar-refractivity contribution in [3.8, 4) is 0 Å². The molecule has 1 unspecified atom stereocenters. The zero-order valence-electron chi connectivity index (χ0n) is 11.0. The SMILES string of the molecule is CNCC(C)(C(=O)OC)c1ccc(C(F)(F)F)cc1. The highest BCUT2D eigenvalue weighted by Gasteiger charge is 2.37. The molecule has 19 heavy (non-hydrogen) atoms. The van der Waals surface area contributed by atoms with Crippen LogP contribution in [0.25, 0.3) is 0 Å². The smallest absolute Gasteiger partial charge is 0.416 e. The lowest BCUT2D eigenvalue weighted by molar-refractivity contribution is -0.146. The van der Waals surface area contributed by atoms with Crippen molar-refractivity contribution in [3.63, 3.8) is 0 Å². The Morgan fingerprint density at radius 1 is 1.21 bits per heavy atom. The van der Waals surface area contributed by atoms with Crippen molar-refractivity contribution in [2.24, 2.45) is 0 Å². The molecule has 1 atom stereocenters. The molecule has 6 heteroatoms. The first-order valence-electron chi connectivity index (χ1n) is 5.66. The molecule has 0 bridgehead atoms. The quantitative estimate of drug-likeness (QED) is 0.857. The Morgan fingerprint density at radius 3 is 2.05 bits per heavy atom. The highest BCUT2D eigenvalue weighted by Crippen LogP contribution is 2.32. The Labute approximate surface area is 109 Å². The van der Waals surface area contributed by atoms with E-state index in [4.69, 9.17) is 4.74 Å². The monoisotopic (exact) mass is 275 g/mol. The molecule has 0 amide bonds. The molecule has 3 nitrogen and oxygen atoms in total. The number of carbonyl (C=O) groups is 1. The summed E-state index contributed by atoms with van der Waals surface area (Å²) in [6.45, 7) is 1.89. The predicted molar refractivity (Wildman–Crippen MR) is 64.7 cm³/mol. The van der Waals surface area contributed by atoms with Crippen molar-refractivity contribution in [1.82, 2.24) is 5.32 Å². The number of hydrogen-bond donors (Lipinski definition) is 1. The maximum Gasteiger partial charge on any atom is 0.416 e. The number of rotatable bonds is 4. The largest absolute Gasteiger partial charge is 0.468 e. The number of esters is 1. The molecule has 1 N–H and O–H groups in total. The van der Waals surface area contributed by atoms with Gasteiger partial charge in [-0.2, -0.15) is 13.2 Å². The highest BCUT2D eigenvalue weighted by molar-refractivity contribution is 5.83. The van der Waals surface area contributed by atoms with E-state index in [0.29, 0.717) is 5.56 Å². The molecule has 1 rings (SSSR count). The fourth-order valence-electron chi connectivity index (χ4n) is 1.90. The number of benzene rings is 1. The molecule has 0 aliphatic rings. The van der Waals surface area contributed by atoms with Crippen LogP contribution in [0, 0.1) is 0 Å². The first-order chi connectivity index (χ1) is 8.75. The fourth-order valence-corrected chi connectivity index (χ4v) is 1.90. The van der Waals surface area contributed by atoms with Gasteiger partial charge in [0.2, 0.25) is 0 Å². The normalized spacial score (nSPS) is 14.8. The lowest BCUT2D eigenvalue weighted by Gasteiger charge is -2.27. The van der Waals surface area contributed by atoms with Crippen LogP contribution >= 0.6 is 0 Å². The molecule has 0 heterocycles. The third kappa shape index (κ3) is 3.26. The van der Waals surface area contributed by atoms with Gasteiger partial charge in [-0.25, -0.2) is 0 Å². The number of alkyl halides is 3. The zero-order valence-corrected chi connectivity index (χ0v) is 11.0. The molecule has 0 saturated heterocycles. The van der Waals surface area contributed by atoms with Gasteiger partial charge in [-0.15, -0.1) is 0 Å². The van der Waals surface area contributed by atoms with Gasteiger partial charge in [-0.05, 0) is 31.7 Å². The summed E-state index contributed by atoms with van der Waals surface area (Å²) in [5, 5.41) is 2.84. The average molecular weight is 275 g/mol. The van der Waals surface area contributed by atoms with Crippen LogP contribution in [-0.2, 0) is 21.1 Å². The molecule has 1 aromatic carbocycles. The summed E-state index contributed by atoms with van der Waals surface area (Å²) in [7, 11) is 2.91. The van der Waals surface area contributed by atoms with Crippen LogP contribution in [-0.4, -0.2) is 26.7 Å². The number of carbonyl (C=O) groups excluding carboxylic acids is 1. The van der Waals surface area contributed by atoms with Crippen LogP contribution in [0.5, 0.6) is 0 Å². The van der Waals surface area contributed by atoms with E-state index in [9.17, 15) is 18.0 Å². The van der Waals surface area contributed by atoms with Gasteiger partial charge in [0.1, 0.15) is 5.41 Å². The fraction of sp³-hybridized carbons (Fsp3) is 0.462. The van der Waals surface area contributed by atoms with Gasteiger partial charge in [0, 0.05) is 6.54 Å². The van der Waals surface area contributed by atoms with E-state index < -0.39 is 23.1 Å². The van der Waals surface area contributed by atoms with Gasteiger partial charge in [-0.3, -0.25) is 4.79 Å². The molecule has 0 aromatic heterocycles. The Balaban J connectivity index is 3.15. The molecular weight excluding hydrogens is 259 g/mol. The molecule has 106 valence electrons.